The van der Waals surface area contributed by atoms with Crippen LogP contribution in [0.2, 0.25) is 0 Å². The average molecular weight is 382 g/mol. The van der Waals surface area contributed by atoms with Gasteiger partial charge in [0.15, 0.2) is 0 Å². The molecule has 7 heteroatoms. The fourth-order valence-corrected chi connectivity index (χ4v) is 2.80. The van der Waals surface area contributed by atoms with Gasteiger partial charge in [-0.25, -0.2) is 4.79 Å². The fourth-order valence-electron chi connectivity index (χ4n) is 2.80. The normalized spacial score (nSPS) is 14.2. The predicted octanol–water partition coefficient (Wildman–Crippen LogP) is 3.55. The third-order valence-electron chi connectivity index (χ3n) is 4.26. The van der Waals surface area contributed by atoms with Crippen molar-refractivity contribution in [1.29, 1.82) is 0 Å². The number of carbonyl (C=O) groups excluding carboxylic acids is 2. The number of nitrogen functional groups attached to an aromatic ring is 1. The van der Waals surface area contributed by atoms with Crippen LogP contribution in [0.1, 0.15) is 31.1 Å². The summed E-state index contributed by atoms with van der Waals surface area (Å²) in [6.07, 6.45) is -0.294. The Kier molecular flexibility index (Phi) is 5.44. The standard InChI is InChI=1S/C21H26N4O3/c1-21(2,3)28-20(27)25-12-16(13-25)23-15-10-8-14(9-11-15)19(26)24-18-7-5-4-6-17(18)22/h4-11,16,23H,12-13,22H2,1-3H3,(H,24,26). The monoisotopic (exact) mass is 382 g/mol. The number of carbonyl (C=O) groups is 2. The number of amides is 2. The molecule has 4 N–H and O–H groups in total. The van der Waals surface area contributed by atoms with Gasteiger partial charge in [-0.1, -0.05) is 12.1 Å². The van der Waals surface area contributed by atoms with Crippen LogP contribution in [0.5, 0.6) is 0 Å². The van der Waals surface area contributed by atoms with Gasteiger partial charge in [0.25, 0.3) is 5.91 Å². The first-order chi connectivity index (χ1) is 13.2. The SMILES string of the molecule is CC(C)(C)OC(=O)N1CC(Nc2ccc(C(=O)Nc3ccccc3N)cc2)C1. The lowest BCUT2D eigenvalue weighted by atomic mass is 10.1. The highest BCUT2D eigenvalue weighted by Gasteiger charge is 2.33. The Morgan fingerprint density at radius 3 is 2.32 bits per heavy atom. The van der Waals surface area contributed by atoms with Gasteiger partial charge in [-0.05, 0) is 57.2 Å². The van der Waals surface area contributed by atoms with E-state index in [0.717, 1.165) is 5.69 Å². The van der Waals surface area contributed by atoms with E-state index >= 15 is 0 Å². The van der Waals surface area contributed by atoms with Crippen molar-refractivity contribution in [3.63, 3.8) is 0 Å². The molecular weight excluding hydrogens is 356 g/mol. The lowest BCUT2D eigenvalue weighted by molar-refractivity contribution is 0.0105. The van der Waals surface area contributed by atoms with Crippen molar-refractivity contribution in [2.24, 2.45) is 0 Å². The summed E-state index contributed by atoms with van der Waals surface area (Å²) in [5.74, 6) is -0.218. The topological polar surface area (TPSA) is 96.7 Å². The minimum Gasteiger partial charge on any atom is -0.444 e. The van der Waals surface area contributed by atoms with Crippen LogP contribution in [0.25, 0.3) is 0 Å². The van der Waals surface area contributed by atoms with E-state index in [0.29, 0.717) is 30.0 Å². The number of nitrogens with two attached hydrogens (primary N) is 1. The molecule has 2 amide bonds. The molecule has 0 atom stereocenters. The van der Waals surface area contributed by atoms with Crippen molar-refractivity contribution in [2.75, 3.05) is 29.5 Å². The van der Waals surface area contributed by atoms with Gasteiger partial charge in [0, 0.05) is 24.3 Å². The van der Waals surface area contributed by atoms with E-state index in [2.05, 4.69) is 10.6 Å². The maximum absolute atomic E-state index is 12.4. The Morgan fingerprint density at radius 2 is 1.71 bits per heavy atom. The van der Waals surface area contributed by atoms with Crippen LogP contribution >= 0.6 is 0 Å². The first kappa shape index (κ1) is 19.5. The molecule has 0 saturated carbocycles. The van der Waals surface area contributed by atoms with Crippen LogP contribution in [0.3, 0.4) is 0 Å². The summed E-state index contributed by atoms with van der Waals surface area (Å²) in [4.78, 5) is 26.0. The Hall–Kier alpha value is -3.22. The second-order valence-corrected chi connectivity index (χ2v) is 7.85. The zero-order valence-corrected chi connectivity index (χ0v) is 16.4. The van der Waals surface area contributed by atoms with Crippen LogP contribution < -0.4 is 16.4 Å². The van der Waals surface area contributed by atoms with E-state index in [1.165, 1.54) is 0 Å². The Bertz CT molecular complexity index is 853. The summed E-state index contributed by atoms with van der Waals surface area (Å²) in [6.45, 7) is 6.73. The van der Waals surface area contributed by atoms with Crippen molar-refractivity contribution in [3.8, 4) is 0 Å². The third kappa shape index (κ3) is 4.94. The number of nitrogens with one attached hydrogen (secondary N) is 2. The number of anilines is 3. The van der Waals surface area contributed by atoms with Gasteiger partial charge in [0.1, 0.15) is 5.60 Å². The zero-order chi connectivity index (χ0) is 20.3. The zero-order valence-electron chi connectivity index (χ0n) is 16.4. The molecule has 0 radical (unpaired) electrons. The lowest BCUT2D eigenvalue weighted by Gasteiger charge is -2.40. The van der Waals surface area contributed by atoms with Gasteiger partial charge in [0.2, 0.25) is 0 Å². The maximum Gasteiger partial charge on any atom is 0.410 e. The lowest BCUT2D eigenvalue weighted by Crippen LogP contribution is -2.57. The molecule has 2 aromatic carbocycles. The van der Waals surface area contributed by atoms with Gasteiger partial charge in [0.05, 0.1) is 17.4 Å². The molecule has 28 heavy (non-hydrogen) atoms. The van der Waals surface area contributed by atoms with Gasteiger partial charge in [-0.15, -0.1) is 0 Å². The number of ether oxygens (including phenoxy) is 1. The number of rotatable bonds is 4. The van der Waals surface area contributed by atoms with Gasteiger partial charge < -0.3 is 26.0 Å². The highest BCUT2D eigenvalue weighted by Crippen LogP contribution is 2.21. The molecule has 3 rings (SSSR count). The Labute approximate surface area is 164 Å². The van der Waals surface area contributed by atoms with Crippen LogP contribution in [0, 0.1) is 0 Å². The minimum absolute atomic E-state index is 0.163. The number of hydrogen-bond donors (Lipinski definition) is 3. The van der Waals surface area contributed by atoms with Crippen molar-refractivity contribution in [3.05, 3.63) is 54.1 Å². The van der Waals surface area contributed by atoms with Crippen LogP contribution in [0.15, 0.2) is 48.5 Å². The van der Waals surface area contributed by atoms with E-state index in [1.807, 2.05) is 45.0 Å². The first-order valence-corrected chi connectivity index (χ1v) is 9.22. The van der Waals surface area contributed by atoms with E-state index in [-0.39, 0.29) is 18.0 Å². The summed E-state index contributed by atoms with van der Waals surface area (Å²) >= 11 is 0. The van der Waals surface area contributed by atoms with Gasteiger partial charge >= 0.3 is 6.09 Å². The van der Waals surface area contributed by atoms with E-state index in [1.54, 1.807) is 29.2 Å². The molecule has 0 unspecified atom stereocenters. The molecule has 2 aromatic rings. The van der Waals surface area contributed by atoms with Crippen molar-refractivity contribution in [2.45, 2.75) is 32.4 Å². The Balaban J connectivity index is 1.50. The van der Waals surface area contributed by atoms with Gasteiger partial charge in [-0.2, -0.15) is 0 Å². The molecule has 1 heterocycles. The molecule has 0 spiro atoms. The van der Waals surface area contributed by atoms with Crippen LogP contribution in [-0.2, 0) is 4.74 Å². The maximum atomic E-state index is 12.4. The smallest absolute Gasteiger partial charge is 0.410 e. The predicted molar refractivity (Wildman–Crippen MR) is 110 cm³/mol. The molecular formula is C21H26N4O3. The number of hydrogen-bond acceptors (Lipinski definition) is 5. The van der Waals surface area contributed by atoms with Crippen LogP contribution in [0.4, 0.5) is 21.9 Å². The largest absolute Gasteiger partial charge is 0.444 e. The van der Waals surface area contributed by atoms with Crippen LogP contribution in [-0.4, -0.2) is 41.6 Å². The molecule has 148 valence electrons. The average Bonchev–Trinajstić information content (AvgIpc) is 2.58. The number of para-hydroxylation sites is 2. The number of benzene rings is 2. The van der Waals surface area contributed by atoms with Crippen molar-refractivity contribution in [1.82, 2.24) is 4.90 Å². The molecule has 1 aliphatic rings. The molecule has 1 aliphatic heterocycles. The van der Waals surface area contributed by atoms with E-state index < -0.39 is 5.60 Å². The van der Waals surface area contributed by atoms with E-state index in [4.69, 9.17) is 10.5 Å². The van der Waals surface area contributed by atoms with Crippen molar-refractivity contribution < 1.29 is 14.3 Å². The molecule has 1 fully saturated rings. The molecule has 0 bridgehead atoms. The van der Waals surface area contributed by atoms with Gasteiger partial charge in [-0.3, -0.25) is 4.79 Å². The third-order valence-corrected chi connectivity index (χ3v) is 4.26. The molecule has 1 saturated heterocycles. The molecule has 7 nitrogen and oxygen atoms in total. The number of likely N-dealkylation sites (tertiary alicyclic amines) is 1. The second kappa shape index (κ2) is 7.80. The summed E-state index contributed by atoms with van der Waals surface area (Å²) in [5, 5.41) is 6.15. The quantitative estimate of drug-likeness (QED) is 0.703. The number of nitrogens with zero attached hydrogens (tertiary/aromatic N) is 1. The highest BCUT2D eigenvalue weighted by atomic mass is 16.6. The van der Waals surface area contributed by atoms with E-state index in [9.17, 15) is 9.59 Å². The highest BCUT2D eigenvalue weighted by molar-refractivity contribution is 6.05. The summed E-state index contributed by atoms with van der Waals surface area (Å²) in [6, 6.07) is 14.5. The Morgan fingerprint density at radius 1 is 1.07 bits per heavy atom. The summed E-state index contributed by atoms with van der Waals surface area (Å²) < 4.78 is 5.35. The van der Waals surface area contributed by atoms with Crippen molar-refractivity contribution >= 4 is 29.1 Å². The first-order valence-electron chi connectivity index (χ1n) is 9.22. The molecule has 0 aliphatic carbocycles. The second-order valence-electron chi connectivity index (χ2n) is 7.85. The fraction of sp³-hybridized carbons (Fsp3) is 0.333. The molecule has 0 aromatic heterocycles. The summed E-state index contributed by atoms with van der Waals surface area (Å²) in [7, 11) is 0. The summed E-state index contributed by atoms with van der Waals surface area (Å²) in [5.41, 5.74) is 7.91. The minimum atomic E-state index is -0.490.